The minimum atomic E-state index is -5.80. The zero-order valence-corrected chi connectivity index (χ0v) is 19.2. The van der Waals surface area contributed by atoms with Crippen LogP contribution in [0.2, 0.25) is 0 Å². The Morgan fingerprint density at radius 3 is 2.30 bits per heavy atom. The molecule has 6 atom stereocenters. The van der Waals surface area contributed by atoms with E-state index in [0.29, 0.717) is 10.8 Å². The molecule has 0 aliphatic carbocycles. The van der Waals surface area contributed by atoms with Crippen LogP contribution in [-0.4, -0.2) is 64.2 Å². The first kappa shape index (κ1) is 26.5. The van der Waals surface area contributed by atoms with Gasteiger partial charge in [-0.3, -0.25) is 18.9 Å². The SMILES string of the molecule is CC1(C)O[C@H]2[C@H](n3cc(F)c(=O)[nH]c3=O)O[C@]1(COP(=O)(O)OP(=O)(O)OP(=O)(O)O)[C@H]2O. The van der Waals surface area contributed by atoms with Crippen molar-refractivity contribution in [3.63, 3.8) is 0 Å². The summed E-state index contributed by atoms with van der Waals surface area (Å²) in [6.45, 7) is 1.60. The minimum Gasteiger partial charge on any atom is -0.387 e. The summed E-state index contributed by atoms with van der Waals surface area (Å²) in [4.78, 5) is 61.0. The van der Waals surface area contributed by atoms with Gasteiger partial charge in [0.1, 0.15) is 12.2 Å². The monoisotopic (exact) mass is 542 g/mol. The Bertz CT molecular complexity index is 1210. The fraction of sp³-hybridized carbons (Fsp3) is 0.667. The van der Waals surface area contributed by atoms with E-state index in [1.807, 2.05) is 0 Å². The second-order valence-corrected chi connectivity index (χ2v) is 11.9. The van der Waals surface area contributed by atoms with Crippen LogP contribution in [0.15, 0.2) is 15.8 Å². The van der Waals surface area contributed by atoms with E-state index >= 15 is 0 Å². The number of halogens is 1. The van der Waals surface area contributed by atoms with Crippen molar-refractivity contribution in [1.29, 1.82) is 0 Å². The van der Waals surface area contributed by atoms with E-state index in [2.05, 4.69) is 13.1 Å². The number of phosphoric acid groups is 3. The van der Waals surface area contributed by atoms with E-state index in [0.717, 1.165) is 0 Å². The van der Waals surface area contributed by atoms with Gasteiger partial charge < -0.3 is 34.2 Å². The van der Waals surface area contributed by atoms with Crippen molar-refractivity contribution < 1.29 is 65.4 Å². The summed E-state index contributed by atoms with van der Waals surface area (Å²) in [6, 6.07) is 0. The number of nitrogens with zero attached hydrogens (tertiary/aromatic N) is 1. The molecule has 1 aromatic rings. The normalized spacial score (nSPS) is 32.4. The Kier molecular flexibility index (Phi) is 6.62. The van der Waals surface area contributed by atoms with E-state index in [-0.39, 0.29) is 0 Å². The lowest BCUT2D eigenvalue weighted by molar-refractivity contribution is -0.257. The molecule has 2 saturated heterocycles. The van der Waals surface area contributed by atoms with Crippen LogP contribution in [0, 0.1) is 5.82 Å². The number of rotatable bonds is 8. The van der Waals surface area contributed by atoms with E-state index in [1.165, 1.54) is 13.8 Å². The van der Waals surface area contributed by atoms with Gasteiger partial charge in [-0.2, -0.15) is 13.0 Å². The highest BCUT2D eigenvalue weighted by molar-refractivity contribution is 7.66. The molecule has 188 valence electrons. The third-order valence-corrected chi connectivity index (χ3v) is 8.69. The molecule has 3 rings (SSSR count). The average molecular weight is 542 g/mol. The molecule has 2 bridgehead atoms. The van der Waals surface area contributed by atoms with Crippen molar-refractivity contribution in [2.75, 3.05) is 6.61 Å². The van der Waals surface area contributed by atoms with Crippen molar-refractivity contribution >= 4 is 23.5 Å². The number of hydrogen-bond acceptors (Lipinski definition) is 11. The smallest absolute Gasteiger partial charge is 0.387 e. The number of H-pyrrole nitrogens is 1. The fourth-order valence-electron chi connectivity index (χ4n) is 3.47. The van der Waals surface area contributed by atoms with Gasteiger partial charge in [-0.15, -0.1) is 0 Å². The van der Waals surface area contributed by atoms with Crippen LogP contribution in [0.5, 0.6) is 0 Å². The Labute approximate surface area is 182 Å². The predicted octanol–water partition coefficient (Wildman–Crippen LogP) is -1.18. The first-order valence-corrected chi connectivity index (χ1v) is 13.1. The van der Waals surface area contributed by atoms with Gasteiger partial charge in [0.15, 0.2) is 11.8 Å². The lowest BCUT2D eigenvalue weighted by atomic mass is 9.84. The highest BCUT2D eigenvalue weighted by Crippen LogP contribution is 2.67. The van der Waals surface area contributed by atoms with Gasteiger partial charge in [0.2, 0.25) is 5.82 Å². The molecule has 1 aromatic heterocycles. The van der Waals surface area contributed by atoms with Gasteiger partial charge in [-0.1, -0.05) is 0 Å². The number of hydrogen-bond donors (Lipinski definition) is 6. The highest BCUT2D eigenvalue weighted by atomic mass is 31.3. The van der Waals surface area contributed by atoms with Crippen molar-refractivity contribution in [1.82, 2.24) is 9.55 Å². The summed E-state index contributed by atoms with van der Waals surface area (Å²) in [6.07, 6.45) is -4.11. The van der Waals surface area contributed by atoms with Crippen LogP contribution in [-0.2, 0) is 36.3 Å². The molecule has 0 radical (unpaired) electrons. The molecular formula is C12H18FN2O15P3. The van der Waals surface area contributed by atoms with Crippen LogP contribution in [0.1, 0.15) is 20.1 Å². The molecule has 2 fully saturated rings. The van der Waals surface area contributed by atoms with Gasteiger partial charge in [-0.05, 0) is 13.8 Å². The summed E-state index contributed by atoms with van der Waals surface area (Å²) in [5.41, 5.74) is -6.00. The molecule has 0 saturated carbocycles. The number of aliphatic hydroxyl groups excluding tert-OH is 1. The Morgan fingerprint density at radius 1 is 1.12 bits per heavy atom. The van der Waals surface area contributed by atoms with Gasteiger partial charge in [0, 0.05) is 0 Å². The summed E-state index contributed by atoms with van der Waals surface area (Å²) in [7, 11) is -17.0. The van der Waals surface area contributed by atoms with Crippen LogP contribution >= 0.6 is 23.5 Å². The molecule has 0 spiro atoms. The van der Waals surface area contributed by atoms with Crippen LogP contribution in [0.3, 0.4) is 0 Å². The van der Waals surface area contributed by atoms with Crippen LogP contribution in [0.25, 0.3) is 0 Å². The summed E-state index contributed by atoms with van der Waals surface area (Å²) < 4.78 is 71.6. The minimum absolute atomic E-state index is 0.492. The van der Waals surface area contributed by atoms with E-state index in [1.54, 1.807) is 4.98 Å². The van der Waals surface area contributed by atoms with E-state index < -0.39 is 76.8 Å². The topological polar surface area (TPSA) is 253 Å². The number of aliphatic hydroxyl groups is 1. The van der Waals surface area contributed by atoms with Gasteiger partial charge in [-0.25, -0.2) is 18.5 Å². The van der Waals surface area contributed by atoms with Crippen LogP contribution in [0.4, 0.5) is 4.39 Å². The molecule has 2 aliphatic heterocycles. The molecular weight excluding hydrogens is 524 g/mol. The Hall–Kier alpha value is -1.10. The first-order valence-electron chi connectivity index (χ1n) is 8.62. The maximum Gasteiger partial charge on any atom is 0.490 e. The van der Waals surface area contributed by atoms with Gasteiger partial charge in [0.25, 0.3) is 5.56 Å². The van der Waals surface area contributed by atoms with Crippen molar-refractivity contribution in [3.8, 4) is 0 Å². The van der Waals surface area contributed by atoms with Gasteiger partial charge >= 0.3 is 29.2 Å². The maximum atomic E-state index is 13.7. The van der Waals surface area contributed by atoms with E-state index in [9.17, 15) is 42.6 Å². The van der Waals surface area contributed by atoms with Crippen molar-refractivity contribution in [3.05, 3.63) is 32.9 Å². The number of aromatic nitrogens is 2. The van der Waals surface area contributed by atoms with E-state index in [4.69, 9.17) is 19.3 Å². The second kappa shape index (κ2) is 8.24. The Morgan fingerprint density at radius 2 is 1.73 bits per heavy atom. The molecule has 33 heavy (non-hydrogen) atoms. The van der Waals surface area contributed by atoms with Crippen molar-refractivity contribution in [2.24, 2.45) is 0 Å². The zero-order chi connectivity index (χ0) is 25.2. The molecule has 17 nitrogen and oxygen atoms in total. The summed E-state index contributed by atoms with van der Waals surface area (Å²) in [5.74, 6) is -1.36. The molecule has 0 amide bonds. The number of aromatic amines is 1. The quantitative estimate of drug-likeness (QED) is 0.212. The molecule has 0 aromatic carbocycles. The molecule has 3 heterocycles. The lowest BCUT2D eigenvalue weighted by Crippen LogP contribution is -2.57. The predicted molar refractivity (Wildman–Crippen MR) is 98.9 cm³/mol. The second-order valence-electron chi connectivity index (χ2n) is 7.44. The first-order chi connectivity index (χ1) is 14.8. The highest BCUT2D eigenvalue weighted by Gasteiger charge is 2.71. The lowest BCUT2D eigenvalue weighted by Gasteiger charge is -2.42. The Balaban J connectivity index is 1.86. The largest absolute Gasteiger partial charge is 0.490 e. The average Bonchev–Trinajstić information content (AvgIpc) is 2.96. The standard InChI is InChI=1S/C12H18FN2O15P3/c1-11(2)12(4-26-32(22,23)30-33(24,25)29-31(19,20)21)7(16)6(27-11)9(28-12)15-3-5(13)8(17)14-10(15)18/h3,6-7,9,16H,4H2,1-2H3,(H,22,23)(H,24,25)(H,14,17,18)(H2,19,20,21)/t6-,7+,9-,12-/m1/s1. The molecule has 6 N–H and O–H groups in total. The number of phosphoric ester groups is 1. The number of fused-ring (bicyclic) bond motifs is 2. The van der Waals surface area contributed by atoms with Gasteiger partial charge in [0.05, 0.1) is 18.4 Å². The summed E-state index contributed by atoms with van der Waals surface area (Å²) in [5, 5.41) is 10.7. The number of nitrogens with one attached hydrogen (secondary N) is 1. The zero-order valence-electron chi connectivity index (χ0n) is 16.5. The molecule has 21 heteroatoms. The third kappa shape index (κ3) is 5.13. The fourth-order valence-corrected chi connectivity index (χ4v) is 6.52. The van der Waals surface area contributed by atoms with Crippen LogP contribution < -0.4 is 11.2 Å². The third-order valence-electron chi connectivity index (χ3n) is 4.91. The molecule has 2 aliphatic rings. The number of ether oxygens (including phenoxy) is 2. The molecule has 2 unspecified atom stereocenters. The summed E-state index contributed by atoms with van der Waals surface area (Å²) >= 11 is 0. The van der Waals surface area contributed by atoms with Crippen molar-refractivity contribution in [2.45, 2.75) is 43.5 Å². The maximum absolute atomic E-state index is 13.7.